The largest absolute Gasteiger partial charge is 0.481 e. The van der Waals surface area contributed by atoms with E-state index in [2.05, 4.69) is 10.6 Å². The van der Waals surface area contributed by atoms with Crippen molar-refractivity contribution in [3.63, 3.8) is 0 Å². The second kappa shape index (κ2) is 7.78. The Morgan fingerprint density at radius 2 is 1.73 bits per heavy atom. The van der Waals surface area contributed by atoms with Crippen LogP contribution in [0.5, 0.6) is 0 Å². The molecule has 0 rings (SSSR count). The van der Waals surface area contributed by atoms with Gasteiger partial charge in [-0.1, -0.05) is 0 Å². The summed E-state index contributed by atoms with van der Waals surface area (Å²) in [4.78, 5) is 32.1. The average Bonchev–Trinajstić information content (AvgIpc) is 2.14. The van der Waals surface area contributed by atoms with Gasteiger partial charge in [0.1, 0.15) is 0 Å². The number of likely N-dealkylation sites (N-methyl/N-ethyl adjacent to an activating group) is 1. The highest BCUT2D eigenvalue weighted by atomic mass is 16.4. The number of rotatable bonds is 7. The van der Waals surface area contributed by atoms with Gasteiger partial charge in [0.25, 0.3) is 0 Å². The molecule has 0 bridgehead atoms. The standard InChI is InChI=1S/C9H16N2O4/c1-2-10-8(13)6-11-7(12)4-3-5-9(14)15/h2-6H2,1H3,(H,10,13)(H,11,12)(H,14,15). The first-order valence-corrected chi connectivity index (χ1v) is 4.81. The van der Waals surface area contributed by atoms with Crippen molar-refractivity contribution in [1.82, 2.24) is 10.6 Å². The molecule has 0 aromatic heterocycles. The van der Waals surface area contributed by atoms with Crippen LogP contribution in [0.15, 0.2) is 0 Å². The molecule has 2 amide bonds. The van der Waals surface area contributed by atoms with Gasteiger partial charge in [-0.3, -0.25) is 14.4 Å². The van der Waals surface area contributed by atoms with E-state index in [9.17, 15) is 14.4 Å². The van der Waals surface area contributed by atoms with E-state index < -0.39 is 5.97 Å². The van der Waals surface area contributed by atoms with Crippen molar-refractivity contribution in [2.75, 3.05) is 13.1 Å². The first-order chi connectivity index (χ1) is 7.06. The average molecular weight is 216 g/mol. The van der Waals surface area contributed by atoms with E-state index in [0.29, 0.717) is 6.54 Å². The lowest BCUT2D eigenvalue weighted by molar-refractivity contribution is -0.137. The third-order valence-corrected chi connectivity index (χ3v) is 1.61. The van der Waals surface area contributed by atoms with E-state index in [0.717, 1.165) is 0 Å². The van der Waals surface area contributed by atoms with Gasteiger partial charge in [0, 0.05) is 19.4 Å². The maximum absolute atomic E-state index is 11.0. The number of carbonyl (C=O) groups is 3. The molecule has 0 aliphatic carbocycles. The molecular weight excluding hydrogens is 200 g/mol. The third-order valence-electron chi connectivity index (χ3n) is 1.61. The Hall–Kier alpha value is -1.59. The minimum atomic E-state index is -0.925. The van der Waals surface area contributed by atoms with Crippen molar-refractivity contribution in [2.24, 2.45) is 0 Å². The lowest BCUT2D eigenvalue weighted by Gasteiger charge is -2.04. The molecular formula is C9H16N2O4. The number of hydrogen-bond donors (Lipinski definition) is 3. The highest BCUT2D eigenvalue weighted by molar-refractivity contribution is 5.84. The van der Waals surface area contributed by atoms with Gasteiger partial charge in [0.15, 0.2) is 0 Å². The molecule has 3 N–H and O–H groups in total. The van der Waals surface area contributed by atoms with Crippen molar-refractivity contribution in [3.05, 3.63) is 0 Å². The van der Waals surface area contributed by atoms with E-state index in [1.54, 1.807) is 6.92 Å². The van der Waals surface area contributed by atoms with Crippen molar-refractivity contribution in [2.45, 2.75) is 26.2 Å². The molecule has 0 radical (unpaired) electrons. The molecule has 0 unspecified atom stereocenters. The monoisotopic (exact) mass is 216 g/mol. The topological polar surface area (TPSA) is 95.5 Å². The normalized spacial score (nSPS) is 9.40. The number of nitrogens with one attached hydrogen (secondary N) is 2. The second-order valence-corrected chi connectivity index (χ2v) is 2.98. The second-order valence-electron chi connectivity index (χ2n) is 2.98. The molecule has 15 heavy (non-hydrogen) atoms. The number of carboxylic acids is 1. The summed E-state index contributed by atoms with van der Waals surface area (Å²) in [6, 6.07) is 0. The molecule has 0 aromatic carbocycles. The number of carboxylic acid groups (broad SMARTS) is 1. The zero-order valence-corrected chi connectivity index (χ0v) is 8.71. The quantitative estimate of drug-likeness (QED) is 0.534. The molecule has 0 saturated heterocycles. The molecule has 0 aliphatic rings. The fourth-order valence-electron chi connectivity index (χ4n) is 0.927. The maximum atomic E-state index is 11.0. The molecule has 0 fully saturated rings. The molecule has 0 aromatic rings. The summed E-state index contributed by atoms with van der Waals surface area (Å²) in [7, 11) is 0. The first kappa shape index (κ1) is 13.4. The van der Waals surface area contributed by atoms with Crippen molar-refractivity contribution < 1.29 is 19.5 Å². The zero-order valence-electron chi connectivity index (χ0n) is 8.71. The Morgan fingerprint density at radius 3 is 2.27 bits per heavy atom. The highest BCUT2D eigenvalue weighted by Crippen LogP contribution is 1.94. The lowest BCUT2D eigenvalue weighted by Crippen LogP contribution is -2.36. The van der Waals surface area contributed by atoms with Crippen molar-refractivity contribution >= 4 is 17.8 Å². The minimum Gasteiger partial charge on any atom is -0.481 e. The molecule has 0 atom stereocenters. The SMILES string of the molecule is CCNC(=O)CNC(=O)CCCC(=O)O. The molecule has 0 saturated carbocycles. The molecule has 6 heteroatoms. The van der Waals surface area contributed by atoms with E-state index >= 15 is 0 Å². The van der Waals surface area contributed by atoms with Crippen LogP contribution in [-0.4, -0.2) is 36.0 Å². The van der Waals surface area contributed by atoms with Crippen molar-refractivity contribution in [1.29, 1.82) is 0 Å². The summed E-state index contributed by atoms with van der Waals surface area (Å²) in [5, 5.41) is 13.2. The fourth-order valence-corrected chi connectivity index (χ4v) is 0.927. The maximum Gasteiger partial charge on any atom is 0.303 e. The van der Waals surface area contributed by atoms with Gasteiger partial charge in [0.05, 0.1) is 6.54 Å². The van der Waals surface area contributed by atoms with Gasteiger partial charge in [-0.25, -0.2) is 0 Å². The van der Waals surface area contributed by atoms with Gasteiger partial charge in [-0.15, -0.1) is 0 Å². The number of aliphatic carboxylic acids is 1. The Balaban J connectivity index is 3.49. The highest BCUT2D eigenvalue weighted by Gasteiger charge is 2.05. The van der Waals surface area contributed by atoms with E-state index in [-0.39, 0.29) is 37.6 Å². The molecule has 0 heterocycles. The first-order valence-electron chi connectivity index (χ1n) is 4.81. The zero-order chi connectivity index (χ0) is 11.7. The van der Waals surface area contributed by atoms with Crippen LogP contribution in [0, 0.1) is 0 Å². The summed E-state index contributed by atoms with van der Waals surface area (Å²) in [5.74, 6) is -1.47. The van der Waals surface area contributed by atoms with Crippen LogP contribution in [-0.2, 0) is 14.4 Å². The van der Waals surface area contributed by atoms with Crippen LogP contribution in [0.1, 0.15) is 26.2 Å². The molecule has 6 nitrogen and oxygen atoms in total. The minimum absolute atomic E-state index is 0.0332. The fraction of sp³-hybridized carbons (Fsp3) is 0.667. The van der Waals surface area contributed by atoms with Gasteiger partial charge in [0.2, 0.25) is 11.8 Å². The Bertz CT molecular complexity index is 240. The number of carbonyl (C=O) groups excluding carboxylic acids is 2. The van der Waals surface area contributed by atoms with Crippen LogP contribution in [0.25, 0.3) is 0 Å². The van der Waals surface area contributed by atoms with Gasteiger partial charge >= 0.3 is 5.97 Å². The van der Waals surface area contributed by atoms with E-state index in [1.807, 2.05) is 0 Å². The van der Waals surface area contributed by atoms with Crippen LogP contribution < -0.4 is 10.6 Å². The third kappa shape index (κ3) is 8.73. The Morgan fingerprint density at radius 1 is 1.07 bits per heavy atom. The van der Waals surface area contributed by atoms with Gasteiger partial charge in [-0.2, -0.15) is 0 Å². The number of hydrogen-bond acceptors (Lipinski definition) is 3. The molecule has 0 spiro atoms. The predicted octanol–water partition coefficient (Wildman–Crippen LogP) is -0.506. The van der Waals surface area contributed by atoms with Crippen LogP contribution in [0.4, 0.5) is 0 Å². The van der Waals surface area contributed by atoms with Crippen LogP contribution >= 0.6 is 0 Å². The van der Waals surface area contributed by atoms with Crippen LogP contribution in [0.2, 0.25) is 0 Å². The van der Waals surface area contributed by atoms with E-state index in [4.69, 9.17) is 5.11 Å². The van der Waals surface area contributed by atoms with Crippen molar-refractivity contribution in [3.8, 4) is 0 Å². The van der Waals surface area contributed by atoms with Gasteiger partial charge in [-0.05, 0) is 13.3 Å². The number of amides is 2. The summed E-state index contributed by atoms with van der Waals surface area (Å²) in [5.41, 5.74) is 0. The Kier molecular flexibility index (Phi) is 6.96. The van der Waals surface area contributed by atoms with E-state index in [1.165, 1.54) is 0 Å². The summed E-state index contributed by atoms with van der Waals surface area (Å²) < 4.78 is 0. The molecule has 86 valence electrons. The summed E-state index contributed by atoms with van der Waals surface area (Å²) >= 11 is 0. The summed E-state index contributed by atoms with van der Waals surface area (Å²) in [6.45, 7) is 2.25. The van der Waals surface area contributed by atoms with Gasteiger partial charge < -0.3 is 15.7 Å². The Labute approximate surface area is 88.0 Å². The predicted molar refractivity (Wildman–Crippen MR) is 53.2 cm³/mol. The lowest BCUT2D eigenvalue weighted by atomic mass is 10.2. The van der Waals surface area contributed by atoms with Crippen LogP contribution in [0.3, 0.4) is 0 Å². The molecule has 0 aliphatic heterocycles. The summed E-state index contributed by atoms with van der Waals surface area (Å²) in [6.07, 6.45) is 0.386. The smallest absolute Gasteiger partial charge is 0.303 e.